The van der Waals surface area contributed by atoms with E-state index in [0.29, 0.717) is 18.6 Å². The second kappa shape index (κ2) is 5.40. The summed E-state index contributed by atoms with van der Waals surface area (Å²) in [6, 6.07) is 3.02. The van der Waals surface area contributed by atoms with Gasteiger partial charge in [0.1, 0.15) is 5.66 Å². The Kier molecular flexibility index (Phi) is 4.02. The Hall–Kier alpha value is -1.25. The van der Waals surface area contributed by atoms with Crippen molar-refractivity contribution in [2.24, 2.45) is 9.98 Å². The van der Waals surface area contributed by atoms with Crippen LogP contribution in [-0.2, 0) is 0 Å². The lowest BCUT2D eigenvalue weighted by Crippen LogP contribution is -2.63. The van der Waals surface area contributed by atoms with Crippen molar-refractivity contribution in [3.63, 3.8) is 0 Å². The fourth-order valence-electron chi connectivity index (χ4n) is 2.91. The van der Waals surface area contributed by atoms with E-state index in [-0.39, 0.29) is 5.66 Å². The molecule has 0 radical (unpaired) electrons. The Morgan fingerprint density at radius 2 is 2.05 bits per heavy atom. The maximum atomic E-state index is 8.90. The van der Waals surface area contributed by atoms with Crippen molar-refractivity contribution in [2.75, 3.05) is 26.2 Å². The molecule has 0 aromatic rings. The third kappa shape index (κ3) is 2.85. The van der Waals surface area contributed by atoms with Crippen LogP contribution in [0.2, 0.25) is 0 Å². The first-order valence-electron chi connectivity index (χ1n) is 6.90. The van der Waals surface area contributed by atoms with Crippen LogP contribution in [0, 0.1) is 11.3 Å². The predicted octanol–water partition coefficient (Wildman–Crippen LogP) is 1.17. The van der Waals surface area contributed by atoms with Crippen molar-refractivity contribution in [1.82, 2.24) is 9.80 Å². The smallest absolute Gasteiger partial charge is 0.130 e. The zero-order valence-corrected chi connectivity index (χ0v) is 12.3. The largest absolute Gasteiger partial charge is 0.285 e. The Morgan fingerprint density at radius 3 is 2.53 bits per heavy atom. The first kappa shape index (κ1) is 14.2. The van der Waals surface area contributed by atoms with Crippen LogP contribution in [0.1, 0.15) is 27.7 Å². The molecule has 5 nitrogen and oxygen atoms in total. The summed E-state index contributed by atoms with van der Waals surface area (Å²) in [5, 5.41) is 8.90. The molecule has 2 rings (SSSR count). The zero-order chi connectivity index (χ0) is 14.0. The second-order valence-corrected chi connectivity index (χ2v) is 5.87. The summed E-state index contributed by atoms with van der Waals surface area (Å²) in [6.07, 6.45) is 1.88. The van der Waals surface area contributed by atoms with Gasteiger partial charge in [0.15, 0.2) is 0 Å². The van der Waals surface area contributed by atoms with Gasteiger partial charge in [0, 0.05) is 37.1 Å². The Balaban J connectivity index is 2.09. The molecule has 0 aromatic heterocycles. The first-order valence-corrected chi connectivity index (χ1v) is 6.90. The highest BCUT2D eigenvalue weighted by Crippen LogP contribution is 2.26. The normalized spacial score (nSPS) is 36.9. The van der Waals surface area contributed by atoms with Crippen molar-refractivity contribution in [3.8, 4) is 6.07 Å². The second-order valence-electron chi connectivity index (χ2n) is 5.87. The quantitative estimate of drug-likeness (QED) is 0.701. The molecule has 0 bridgehead atoms. The fourth-order valence-corrected chi connectivity index (χ4v) is 2.91. The lowest BCUT2D eigenvalue weighted by molar-refractivity contribution is -0.00527. The lowest BCUT2D eigenvalue weighted by atomic mass is 10.0. The number of aliphatic imine (C=N–C) groups is 2. The van der Waals surface area contributed by atoms with E-state index < -0.39 is 0 Å². The highest BCUT2D eigenvalue weighted by molar-refractivity contribution is 6.29. The van der Waals surface area contributed by atoms with Gasteiger partial charge in [-0.3, -0.25) is 19.8 Å². The molecule has 2 aliphatic heterocycles. The Bertz CT molecular complexity index is 424. The van der Waals surface area contributed by atoms with Gasteiger partial charge in [-0.05, 0) is 27.7 Å². The minimum absolute atomic E-state index is 0.221. The molecule has 3 atom stereocenters. The number of nitriles is 1. The van der Waals surface area contributed by atoms with Crippen LogP contribution in [0.25, 0.3) is 0 Å². The number of nitrogens with zero attached hydrogens (tertiary/aromatic N) is 5. The summed E-state index contributed by atoms with van der Waals surface area (Å²) >= 11 is 0. The van der Waals surface area contributed by atoms with Gasteiger partial charge in [-0.1, -0.05) is 0 Å². The van der Waals surface area contributed by atoms with Crippen LogP contribution in [-0.4, -0.2) is 65.7 Å². The summed E-state index contributed by atoms with van der Waals surface area (Å²) in [5.74, 6) is 0. The van der Waals surface area contributed by atoms with E-state index in [0.717, 1.165) is 25.3 Å². The molecule has 19 heavy (non-hydrogen) atoms. The Morgan fingerprint density at radius 1 is 1.42 bits per heavy atom. The number of piperazine rings is 1. The molecule has 2 heterocycles. The van der Waals surface area contributed by atoms with E-state index in [1.807, 2.05) is 13.1 Å². The summed E-state index contributed by atoms with van der Waals surface area (Å²) in [5.41, 5.74) is 0.780. The van der Waals surface area contributed by atoms with E-state index in [4.69, 9.17) is 10.3 Å². The van der Waals surface area contributed by atoms with Gasteiger partial charge in [-0.25, -0.2) is 0 Å². The summed E-state index contributed by atoms with van der Waals surface area (Å²) < 4.78 is 0. The van der Waals surface area contributed by atoms with Gasteiger partial charge < -0.3 is 0 Å². The van der Waals surface area contributed by atoms with E-state index >= 15 is 0 Å². The third-order valence-electron chi connectivity index (χ3n) is 4.19. The lowest BCUT2D eigenvalue weighted by Gasteiger charge is -2.49. The highest BCUT2D eigenvalue weighted by atomic mass is 15.4. The van der Waals surface area contributed by atoms with E-state index in [1.54, 1.807) is 0 Å². The van der Waals surface area contributed by atoms with Crippen molar-refractivity contribution in [3.05, 3.63) is 0 Å². The SMILES string of the molecule is CC1=NCC(C)(N2C[C@@H](C)N(CC#N)[C@@H](C)C2)N=C1. The molecular formula is C14H23N5. The summed E-state index contributed by atoms with van der Waals surface area (Å²) in [6.45, 7) is 11.6. The van der Waals surface area contributed by atoms with Crippen molar-refractivity contribution < 1.29 is 0 Å². The molecule has 1 unspecified atom stereocenters. The predicted molar refractivity (Wildman–Crippen MR) is 77.7 cm³/mol. The van der Waals surface area contributed by atoms with Crippen molar-refractivity contribution in [2.45, 2.75) is 45.4 Å². The number of hydrogen-bond acceptors (Lipinski definition) is 5. The van der Waals surface area contributed by atoms with Crippen molar-refractivity contribution in [1.29, 1.82) is 5.26 Å². The molecule has 104 valence electrons. The molecular weight excluding hydrogens is 238 g/mol. The Labute approximate surface area is 115 Å². The van der Waals surface area contributed by atoms with Crippen LogP contribution in [0.3, 0.4) is 0 Å². The van der Waals surface area contributed by atoms with Gasteiger partial charge in [-0.15, -0.1) is 0 Å². The van der Waals surface area contributed by atoms with Crippen LogP contribution < -0.4 is 0 Å². The number of rotatable bonds is 2. The van der Waals surface area contributed by atoms with Crippen LogP contribution in [0.15, 0.2) is 9.98 Å². The topological polar surface area (TPSA) is 55.0 Å². The maximum absolute atomic E-state index is 8.90. The van der Waals surface area contributed by atoms with Gasteiger partial charge >= 0.3 is 0 Å². The third-order valence-corrected chi connectivity index (χ3v) is 4.19. The monoisotopic (exact) mass is 261 g/mol. The molecule has 5 heteroatoms. The molecule has 1 saturated heterocycles. The van der Waals surface area contributed by atoms with Gasteiger partial charge in [0.25, 0.3) is 0 Å². The first-order chi connectivity index (χ1) is 8.96. The minimum Gasteiger partial charge on any atom is -0.285 e. The molecule has 1 fully saturated rings. The molecule has 0 amide bonds. The summed E-state index contributed by atoms with van der Waals surface area (Å²) in [7, 11) is 0. The van der Waals surface area contributed by atoms with Crippen LogP contribution in [0.4, 0.5) is 0 Å². The van der Waals surface area contributed by atoms with Crippen LogP contribution in [0.5, 0.6) is 0 Å². The van der Waals surface area contributed by atoms with Crippen molar-refractivity contribution >= 4 is 11.9 Å². The van der Waals surface area contributed by atoms with Gasteiger partial charge in [-0.2, -0.15) is 5.26 Å². The average molecular weight is 261 g/mol. The van der Waals surface area contributed by atoms with Gasteiger partial charge in [0.05, 0.1) is 19.2 Å². The molecule has 0 aromatic carbocycles. The molecule has 0 saturated carbocycles. The van der Waals surface area contributed by atoms with Gasteiger partial charge in [0.2, 0.25) is 0 Å². The molecule has 0 spiro atoms. The van der Waals surface area contributed by atoms with E-state index in [9.17, 15) is 0 Å². The fraction of sp³-hybridized carbons (Fsp3) is 0.786. The highest BCUT2D eigenvalue weighted by Gasteiger charge is 2.39. The molecule has 2 aliphatic rings. The van der Waals surface area contributed by atoms with E-state index in [2.05, 4.69) is 41.6 Å². The average Bonchev–Trinajstić information content (AvgIpc) is 2.37. The minimum atomic E-state index is -0.221. The maximum Gasteiger partial charge on any atom is 0.130 e. The standard InChI is InChI=1S/C14H23N5/c1-11-7-17-14(4,10-16-11)18-8-12(2)19(6-5-15)13(3)9-18/h7,12-13H,6,8-10H2,1-4H3/t12-,13+,14?. The van der Waals surface area contributed by atoms with Crippen LogP contribution >= 0.6 is 0 Å². The van der Waals surface area contributed by atoms with E-state index in [1.165, 1.54) is 0 Å². The zero-order valence-electron chi connectivity index (χ0n) is 12.3. The summed E-state index contributed by atoms with van der Waals surface area (Å²) in [4.78, 5) is 13.9. The molecule has 0 N–H and O–H groups in total. The molecule has 0 aliphatic carbocycles. The number of hydrogen-bond donors (Lipinski definition) is 0.